The van der Waals surface area contributed by atoms with E-state index in [0.717, 1.165) is 0 Å². The monoisotopic (exact) mass is 366 g/mol. The molecule has 2 heteroatoms. The lowest BCUT2D eigenvalue weighted by Gasteiger charge is -2.44. The van der Waals surface area contributed by atoms with E-state index in [1.54, 1.807) is 0 Å². The fourth-order valence-electron chi connectivity index (χ4n) is 5.04. The quantitative estimate of drug-likeness (QED) is 0.592. The van der Waals surface area contributed by atoms with E-state index in [0.29, 0.717) is 29.3 Å². The minimum absolute atomic E-state index is 0.156. The number of aromatic hydroxyl groups is 2. The Morgan fingerprint density at radius 2 is 1.41 bits per heavy atom. The Morgan fingerprint density at radius 1 is 0.889 bits per heavy atom. The summed E-state index contributed by atoms with van der Waals surface area (Å²) in [7, 11) is 0. The Balaban J connectivity index is 1.77. The van der Waals surface area contributed by atoms with Gasteiger partial charge >= 0.3 is 0 Å². The Labute approximate surface area is 164 Å². The molecule has 1 fully saturated rings. The number of phenols is 2. The van der Waals surface area contributed by atoms with Gasteiger partial charge in [0.25, 0.3) is 0 Å². The molecule has 0 heterocycles. The molecular formula is C25H34O2. The van der Waals surface area contributed by atoms with Crippen LogP contribution in [0.25, 0.3) is 0 Å². The van der Waals surface area contributed by atoms with Crippen LogP contribution in [0, 0.1) is 11.8 Å². The molecule has 0 aliphatic heterocycles. The second-order valence-corrected chi connectivity index (χ2v) is 8.82. The summed E-state index contributed by atoms with van der Waals surface area (Å²) in [5.74, 6) is 2.67. The third-order valence-electron chi connectivity index (χ3n) is 6.99. The van der Waals surface area contributed by atoms with Crippen molar-refractivity contribution in [2.45, 2.75) is 70.6 Å². The molecule has 2 unspecified atom stereocenters. The Hall–Kier alpha value is -1.96. The van der Waals surface area contributed by atoms with Gasteiger partial charge in [0.15, 0.2) is 0 Å². The average molecular weight is 367 g/mol. The second kappa shape index (κ2) is 8.37. The van der Waals surface area contributed by atoms with Crippen LogP contribution in [-0.2, 0) is 5.41 Å². The van der Waals surface area contributed by atoms with Gasteiger partial charge in [0.2, 0.25) is 0 Å². The molecule has 27 heavy (non-hydrogen) atoms. The van der Waals surface area contributed by atoms with Crippen molar-refractivity contribution >= 4 is 0 Å². The SMILES string of the molecule is CCC(C)CC(C)(c1ccc(O)cc1)C1CCC(c2ccc(O)cc2)CC1. The summed E-state index contributed by atoms with van der Waals surface area (Å²) in [5.41, 5.74) is 2.89. The zero-order valence-electron chi connectivity index (χ0n) is 17.0. The molecule has 1 saturated carbocycles. The Morgan fingerprint density at radius 3 is 1.93 bits per heavy atom. The predicted molar refractivity (Wildman–Crippen MR) is 112 cm³/mol. The van der Waals surface area contributed by atoms with Crippen molar-refractivity contribution in [3.63, 3.8) is 0 Å². The van der Waals surface area contributed by atoms with E-state index in [-0.39, 0.29) is 5.41 Å². The van der Waals surface area contributed by atoms with Gasteiger partial charge in [0, 0.05) is 0 Å². The van der Waals surface area contributed by atoms with Gasteiger partial charge in [-0.2, -0.15) is 0 Å². The highest BCUT2D eigenvalue weighted by Crippen LogP contribution is 2.48. The molecule has 0 amide bonds. The average Bonchev–Trinajstić information content (AvgIpc) is 2.69. The molecule has 3 rings (SSSR count). The van der Waals surface area contributed by atoms with E-state index in [1.807, 2.05) is 24.3 Å². The van der Waals surface area contributed by atoms with Crippen LogP contribution in [0.15, 0.2) is 48.5 Å². The van der Waals surface area contributed by atoms with Crippen LogP contribution in [0.2, 0.25) is 0 Å². The van der Waals surface area contributed by atoms with Crippen LogP contribution >= 0.6 is 0 Å². The van der Waals surface area contributed by atoms with Gasteiger partial charge in [-0.3, -0.25) is 0 Å². The summed E-state index contributed by atoms with van der Waals surface area (Å²) >= 11 is 0. The van der Waals surface area contributed by atoms with Crippen LogP contribution in [0.3, 0.4) is 0 Å². The van der Waals surface area contributed by atoms with Gasteiger partial charge in [0.1, 0.15) is 11.5 Å². The van der Waals surface area contributed by atoms with E-state index >= 15 is 0 Å². The molecule has 2 nitrogen and oxygen atoms in total. The maximum atomic E-state index is 9.72. The first-order valence-electron chi connectivity index (χ1n) is 10.5. The van der Waals surface area contributed by atoms with Crippen LogP contribution in [0.4, 0.5) is 0 Å². The summed E-state index contributed by atoms with van der Waals surface area (Å²) in [5, 5.41) is 19.3. The normalized spacial score (nSPS) is 23.5. The van der Waals surface area contributed by atoms with Crippen molar-refractivity contribution in [3.05, 3.63) is 59.7 Å². The minimum atomic E-state index is 0.156. The van der Waals surface area contributed by atoms with E-state index < -0.39 is 0 Å². The molecule has 0 aromatic heterocycles. The number of phenolic OH excluding ortho intramolecular Hbond substituents is 2. The van der Waals surface area contributed by atoms with E-state index in [1.165, 1.54) is 49.7 Å². The summed E-state index contributed by atoms with van der Waals surface area (Å²) < 4.78 is 0. The summed E-state index contributed by atoms with van der Waals surface area (Å²) in [6, 6.07) is 15.7. The highest BCUT2D eigenvalue weighted by atomic mass is 16.3. The zero-order valence-corrected chi connectivity index (χ0v) is 17.0. The van der Waals surface area contributed by atoms with Crippen molar-refractivity contribution in [3.8, 4) is 11.5 Å². The Bertz CT molecular complexity index is 711. The first kappa shape index (κ1) is 19.8. The molecule has 0 saturated heterocycles. The number of rotatable bonds is 6. The van der Waals surface area contributed by atoms with Gasteiger partial charge in [-0.25, -0.2) is 0 Å². The molecule has 0 spiro atoms. The zero-order chi connectivity index (χ0) is 19.4. The van der Waals surface area contributed by atoms with E-state index in [4.69, 9.17) is 0 Å². The first-order valence-corrected chi connectivity index (χ1v) is 10.5. The maximum Gasteiger partial charge on any atom is 0.115 e. The maximum absolute atomic E-state index is 9.72. The van der Waals surface area contributed by atoms with Crippen LogP contribution < -0.4 is 0 Å². The topological polar surface area (TPSA) is 40.5 Å². The van der Waals surface area contributed by atoms with Gasteiger partial charge in [-0.05, 0) is 90.7 Å². The van der Waals surface area contributed by atoms with Gasteiger partial charge < -0.3 is 10.2 Å². The second-order valence-electron chi connectivity index (χ2n) is 8.82. The smallest absolute Gasteiger partial charge is 0.115 e. The number of benzene rings is 2. The summed E-state index contributed by atoms with van der Waals surface area (Å²) in [6.45, 7) is 7.08. The third-order valence-corrected chi connectivity index (χ3v) is 6.99. The number of hydrogen-bond donors (Lipinski definition) is 2. The van der Waals surface area contributed by atoms with E-state index in [2.05, 4.69) is 45.0 Å². The molecule has 2 atom stereocenters. The van der Waals surface area contributed by atoms with Crippen molar-refractivity contribution < 1.29 is 10.2 Å². The summed E-state index contributed by atoms with van der Waals surface area (Å²) in [4.78, 5) is 0. The minimum Gasteiger partial charge on any atom is -0.508 e. The molecule has 1 aliphatic carbocycles. The number of hydrogen-bond acceptors (Lipinski definition) is 2. The van der Waals surface area contributed by atoms with Crippen LogP contribution in [0.1, 0.15) is 76.3 Å². The van der Waals surface area contributed by atoms with Crippen molar-refractivity contribution in [2.24, 2.45) is 11.8 Å². The predicted octanol–water partition coefficient (Wildman–Crippen LogP) is 6.77. The lowest BCUT2D eigenvalue weighted by Crippen LogP contribution is -2.36. The van der Waals surface area contributed by atoms with Crippen molar-refractivity contribution in [1.82, 2.24) is 0 Å². The van der Waals surface area contributed by atoms with Gasteiger partial charge in [-0.15, -0.1) is 0 Å². The van der Waals surface area contributed by atoms with E-state index in [9.17, 15) is 10.2 Å². The molecular weight excluding hydrogens is 332 g/mol. The highest BCUT2D eigenvalue weighted by Gasteiger charge is 2.39. The van der Waals surface area contributed by atoms with Crippen LogP contribution in [-0.4, -0.2) is 10.2 Å². The van der Waals surface area contributed by atoms with Crippen molar-refractivity contribution in [2.75, 3.05) is 0 Å². The van der Waals surface area contributed by atoms with Crippen molar-refractivity contribution in [1.29, 1.82) is 0 Å². The molecule has 1 aliphatic rings. The molecule has 146 valence electrons. The largest absolute Gasteiger partial charge is 0.508 e. The lowest BCUT2D eigenvalue weighted by atomic mass is 9.61. The first-order chi connectivity index (χ1) is 12.9. The summed E-state index contributed by atoms with van der Waals surface area (Å²) in [6.07, 6.45) is 7.30. The highest BCUT2D eigenvalue weighted by molar-refractivity contribution is 5.33. The van der Waals surface area contributed by atoms with Gasteiger partial charge in [0.05, 0.1) is 0 Å². The molecule has 2 aromatic rings. The molecule has 0 bridgehead atoms. The fraction of sp³-hybridized carbons (Fsp3) is 0.520. The fourth-order valence-corrected chi connectivity index (χ4v) is 5.04. The third kappa shape index (κ3) is 4.48. The Kier molecular flexibility index (Phi) is 6.14. The lowest BCUT2D eigenvalue weighted by molar-refractivity contribution is 0.173. The standard InChI is InChI=1S/C25H34O2/c1-4-18(2)17-25(3,22-11-15-24(27)16-12-22)21-9-5-19(6-10-21)20-7-13-23(26)14-8-20/h7-8,11-16,18-19,21,26-27H,4-6,9-10,17H2,1-3H3. The van der Waals surface area contributed by atoms with Gasteiger partial charge in [-0.1, -0.05) is 51.5 Å². The molecule has 2 aromatic carbocycles. The van der Waals surface area contributed by atoms with Crippen LogP contribution in [0.5, 0.6) is 11.5 Å². The molecule has 2 N–H and O–H groups in total. The molecule has 0 radical (unpaired) electrons.